The van der Waals surface area contributed by atoms with Crippen molar-refractivity contribution in [2.75, 3.05) is 0 Å². The molecule has 3 saturated carbocycles. The normalized spacial score (nSPS) is 23.2. The van der Waals surface area contributed by atoms with Crippen LogP contribution < -0.4 is 0 Å². The zero-order chi connectivity index (χ0) is 31.6. The Bertz CT molecular complexity index is 419. The molecule has 0 aliphatic heterocycles. The van der Waals surface area contributed by atoms with Gasteiger partial charge < -0.3 is 30.0 Å². The van der Waals surface area contributed by atoms with Crippen molar-refractivity contribution >= 4 is 8.60 Å². The highest BCUT2D eigenvalue weighted by molar-refractivity contribution is 7.38. The number of aliphatic hydroxyl groups excluding tert-OH is 3. The molecule has 0 radical (unpaired) electrons. The van der Waals surface area contributed by atoms with Gasteiger partial charge in [-0.05, 0) is 38.5 Å². The van der Waals surface area contributed by atoms with E-state index in [0.717, 1.165) is 38.5 Å². The second-order valence-corrected chi connectivity index (χ2v) is 14.0. The van der Waals surface area contributed by atoms with Crippen LogP contribution in [-0.4, -0.2) is 48.3 Å². The highest BCUT2D eigenvalue weighted by Crippen LogP contribution is 2.19. The van der Waals surface area contributed by atoms with Gasteiger partial charge in [0.2, 0.25) is 0 Å². The van der Waals surface area contributed by atoms with Crippen molar-refractivity contribution in [3.05, 3.63) is 0 Å². The van der Waals surface area contributed by atoms with Gasteiger partial charge in [-0.2, -0.15) is 0 Å². The van der Waals surface area contributed by atoms with Gasteiger partial charge in [-0.25, -0.2) is 0 Å². The van der Waals surface area contributed by atoms with E-state index in [9.17, 15) is 15.3 Å². The second kappa shape index (κ2) is 35.1. The Balaban J connectivity index is 0.000000578. The van der Waals surface area contributed by atoms with Crippen LogP contribution in [0.3, 0.4) is 0 Å². The molecule has 0 bridgehead atoms. The Kier molecular flexibility index (Phi) is 35.2. The summed E-state index contributed by atoms with van der Waals surface area (Å²) in [5.74, 6) is 0. The monoisotopic (exact) mass is 635 g/mol. The van der Waals surface area contributed by atoms with Crippen molar-refractivity contribution in [1.82, 2.24) is 0 Å². The standard InChI is InChI=1S/3C12H24O.H3O3P/c3*13-12-10-8-6-4-2-1-3-5-7-9-11-12;1-4(2)3/h3*12-13H,1-11H2;1-3H. The van der Waals surface area contributed by atoms with E-state index in [1.54, 1.807) is 0 Å². The van der Waals surface area contributed by atoms with E-state index in [4.69, 9.17) is 14.7 Å². The lowest BCUT2D eigenvalue weighted by molar-refractivity contribution is 0.146. The van der Waals surface area contributed by atoms with E-state index in [0.29, 0.717) is 0 Å². The van der Waals surface area contributed by atoms with E-state index in [1.807, 2.05) is 0 Å². The Morgan fingerprint density at radius 1 is 0.233 bits per heavy atom. The van der Waals surface area contributed by atoms with E-state index < -0.39 is 8.60 Å². The average Bonchev–Trinajstić information content (AvgIpc) is 2.95. The van der Waals surface area contributed by atoms with E-state index in [2.05, 4.69) is 0 Å². The molecule has 260 valence electrons. The molecule has 0 amide bonds. The number of rotatable bonds is 0. The number of hydrogen-bond donors (Lipinski definition) is 6. The van der Waals surface area contributed by atoms with Crippen LogP contribution in [0.2, 0.25) is 0 Å². The van der Waals surface area contributed by atoms with Gasteiger partial charge in [0.25, 0.3) is 0 Å². The molecule has 0 heterocycles. The third-order valence-corrected chi connectivity index (χ3v) is 9.22. The fourth-order valence-corrected chi connectivity index (χ4v) is 6.43. The van der Waals surface area contributed by atoms with Crippen LogP contribution in [0.5, 0.6) is 0 Å². The predicted molar refractivity (Wildman–Crippen MR) is 184 cm³/mol. The summed E-state index contributed by atoms with van der Waals surface area (Å²) in [4.78, 5) is 21.7. The molecule has 0 aromatic heterocycles. The molecule has 7 heteroatoms. The molecular weight excluding hydrogens is 559 g/mol. The van der Waals surface area contributed by atoms with Crippen LogP contribution in [0.4, 0.5) is 0 Å². The van der Waals surface area contributed by atoms with Gasteiger partial charge in [0.05, 0.1) is 18.3 Å². The highest BCUT2D eigenvalue weighted by Gasteiger charge is 2.06. The second-order valence-electron chi connectivity index (χ2n) is 13.5. The first-order chi connectivity index (χ1) is 20.9. The molecule has 6 N–H and O–H groups in total. The average molecular weight is 635 g/mol. The summed E-state index contributed by atoms with van der Waals surface area (Å²) in [7, 11) is -2.62. The maximum Gasteiger partial charge on any atom is 0.324 e. The lowest BCUT2D eigenvalue weighted by atomic mass is 10.00. The van der Waals surface area contributed by atoms with Crippen LogP contribution in [0.15, 0.2) is 0 Å². The summed E-state index contributed by atoms with van der Waals surface area (Å²) in [5.41, 5.74) is 0. The molecule has 6 nitrogen and oxygen atoms in total. The summed E-state index contributed by atoms with van der Waals surface area (Å²) in [6, 6.07) is 0. The summed E-state index contributed by atoms with van der Waals surface area (Å²) in [6.45, 7) is 0. The summed E-state index contributed by atoms with van der Waals surface area (Å²) < 4.78 is 0. The lowest BCUT2D eigenvalue weighted by Gasteiger charge is -2.11. The Hall–Kier alpha value is 0.190. The Morgan fingerprint density at radius 2 is 0.326 bits per heavy atom. The van der Waals surface area contributed by atoms with Crippen LogP contribution in [0.1, 0.15) is 212 Å². The Labute approximate surface area is 268 Å². The van der Waals surface area contributed by atoms with Crippen molar-refractivity contribution in [1.29, 1.82) is 0 Å². The summed E-state index contributed by atoms with van der Waals surface area (Å²) in [6.07, 6.45) is 42.7. The first-order valence-electron chi connectivity index (χ1n) is 18.8. The molecule has 43 heavy (non-hydrogen) atoms. The van der Waals surface area contributed by atoms with Gasteiger partial charge in [0.15, 0.2) is 0 Å². The van der Waals surface area contributed by atoms with E-state index >= 15 is 0 Å². The van der Waals surface area contributed by atoms with Crippen molar-refractivity contribution in [2.45, 2.75) is 230 Å². The molecule has 0 spiro atoms. The predicted octanol–water partition coefficient (Wildman–Crippen LogP) is 10.1. The van der Waals surface area contributed by atoms with Crippen molar-refractivity contribution < 1.29 is 30.0 Å². The van der Waals surface area contributed by atoms with E-state index in [1.165, 1.54) is 173 Å². The van der Waals surface area contributed by atoms with Gasteiger partial charge in [0.1, 0.15) is 0 Å². The van der Waals surface area contributed by atoms with E-state index in [-0.39, 0.29) is 18.3 Å². The fraction of sp³-hybridized carbons (Fsp3) is 1.00. The van der Waals surface area contributed by atoms with Crippen molar-refractivity contribution in [2.24, 2.45) is 0 Å². The first-order valence-corrected chi connectivity index (χ1v) is 20.0. The molecule has 3 rings (SSSR count). The van der Waals surface area contributed by atoms with Crippen molar-refractivity contribution in [3.63, 3.8) is 0 Å². The highest BCUT2D eigenvalue weighted by atomic mass is 31.2. The van der Waals surface area contributed by atoms with Crippen LogP contribution in [-0.2, 0) is 0 Å². The first kappa shape index (κ1) is 43.2. The van der Waals surface area contributed by atoms with Gasteiger partial charge in [-0.1, -0.05) is 173 Å². The fourth-order valence-electron chi connectivity index (χ4n) is 6.43. The minimum Gasteiger partial charge on any atom is -0.393 e. The SMILES string of the molecule is OC1CCCCCCCCCCC1.OC1CCCCCCCCCCC1.OC1CCCCCCCCCCC1.OP(O)O. The molecule has 3 fully saturated rings. The zero-order valence-electron chi connectivity index (χ0n) is 28.2. The minimum absolute atomic E-state index is 0.000531. The quantitative estimate of drug-likeness (QED) is 0.148. The smallest absolute Gasteiger partial charge is 0.324 e. The van der Waals surface area contributed by atoms with Gasteiger partial charge >= 0.3 is 8.60 Å². The topological polar surface area (TPSA) is 121 Å². The van der Waals surface area contributed by atoms with Crippen LogP contribution in [0.25, 0.3) is 0 Å². The third-order valence-electron chi connectivity index (χ3n) is 9.22. The zero-order valence-corrected chi connectivity index (χ0v) is 29.1. The largest absolute Gasteiger partial charge is 0.393 e. The molecule has 0 aromatic carbocycles. The molecule has 0 aromatic rings. The molecule has 3 aliphatic rings. The molecule has 0 saturated heterocycles. The van der Waals surface area contributed by atoms with Gasteiger partial charge in [0, 0.05) is 0 Å². The Morgan fingerprint density at radius 3 is 0.442 bits per heavy atom. The maximum atomic E-state index is 9.59. The minimum atomic E-state index is -2.62. The number of aliphatic hydroxyl groups is 3. The number of hydrogen-bond acceptors (Lipinski definition) is 6. The summed E-state index contributed by atoms with van der Waals surface area (Å²) >= 11 is 0. The van der Waals surface area contributed by atoms with Crippen LogP contribution >= 0.6 is 8.60 Å². The maximum absolute atomic E-state index is 9.59. The lowest BCUT2D eigenvalue weighted by Crippen LogP contribution is -2.06. The third kappa shape index (κ3) is 38.3. The summed E-state index contributed by atoms with van der Waals surface area (Å²) in [5, 5.41) is 28.8. The van der Waals surface area contributed by atoms with Gasteiger partial charge in [-0.3, -0.25) is 0 Å². The molecule has 0 atom stereocenters. The van der Waals surface area contributed by atoms with Crippen LogP contribution in [0, 0.1) is 0 Å². The van der Waals surface area contributed by atoms with Crippen molar-refractivity contribution in [3.8, 4) is 0 Å². The molecule has 3 aliphatic carbocycles. The molecule has 0 unspecified atom stereocenters. The van der Waals surface area contributed by atoms with Gasteiger partial charge in [-0.15, -0.1) is 0 Å². The molecular formula is C36H75O6P.